The maximum atomic E-state index is 11.1. The summed E-state index contributed by atoms with van der Waals surface area (Å²) in [6, 6.07) is 0. The van der Waals surface area contributed by atoms with Gasteiger partial charge in [-0.15, -0.1) is 0 Å². The largest absolute Gasteiger partial charge is 0.369 e. The molecule has 1 aromatic rings. The second-order valence-corrected chi connectivity index (χ2v) is 4.87. The molecule has 0 unspecified atom stereocenters. The molecule has 110 valence electrons. The quantitative estimate of drug-likeness (QED) is 0.601. The highest BCUT2D eigenvalue weighted by molar-refractivity contribution is 9.10. The number of nitrogens with two attached hydrogens (primary N) is 2. The predicted molar refractivity (Wildman–Crippen MR) is 79.1 cm³/mol. The molecule has 0 aromatic carbocycles. The Morgan fingerprint density at radius 2 is 1.90 bits per heavy atom. The Bertz CT molecular complexity index is 480. The number of nitrogens with zero attached hydrogens (tertiary/aromatic N) is 3. The van der Waals surface area contributed by atoms with Crippen molar-refractivity contribution in [2.24, 2.45) is 11.5 Å². The van der Waals surface area contributed by atoms with Crippen molar-refractivity contribution in [2.45, 2.75) is 13.3 Å². The van der Waals surface area contributed by atoms with Crippen LogP contribution in [-0.4, -0.2) is 41.4 Å². The molecule has 0 fully saturated rings. The highest BCUT2D eigenvalue weighted by Crippen LogP contribution is 2.29. The second kappa shape index (κ2) is 7.63. The summed E-state index contributed by atoms with van der Waals surface area (Å²) >= 11 is 3.36. The highest BCUT2D eigenvalue weighted by Gasteiger charge is 2.18. The van der Waals surface area contributed by atoms with Crippen molar-refractivity contribution in [2.75, 3.05) is 29.9 Å². The van der Waals surface area contributed by atoms with Gasteiger partial charge in [0.25, 0.3) is 0 Å². The maximum Gasteiger partial charge on any atom is 0.237 e. The van der Waals surface area contributed by atoms with Gasteiger partial charge in [0.2, 0.25) is 11.8 Å². The summed E-state index contributed by atoms with van der Waals surface area (Å²) < 4.78 is 0.552. The molecular weight excluding hydrogens is 328 g/mol. The topological polar surface area (TPSA) is 127 Å². The van der Waals surface area contributed by atoms with E-state index in [0.29, 0.717) is 16.1 Å². The Morgan fingerprint density at radius 3 is 2.40 bits per heavy atom. The van der Waals surface area contributed by atoms with E-state index >= 15 is 0 Å². The van der Waals surface area contributed by atoms with Crippen molar-refractivity contribution in [1.29, 1.82) is 0 Å². The predicted octanol–water partition coefficient (Wildman–Crippen LogP) is -0.162. The molecule has 1 heterocycles. The van der Waals surface area contributed by atoms with Gasteiger partial charge in [-0.2, -0.15) is 0 Å². The van der Waals surface area contributed by atoms with Crippen molar-refractivity contribution >= 4 is 39.4 Å². The van der Waals surface area contributed by atoms with E-state index in [0.717, 1.165) is 13.0 Å². The van der Waals surface area contributed by atoms with Crippen LogP contribution in [0.15, 0.2) is 10.8 Å². The lowest BCUT2D eigenvalue weighted by Gasteiger charge is -2.22. The SMILES string of the molecule is CCCNc1ncnc(N(CC(N)=O)CC(N)=O)c1Br. The van der Waals surface area contributed by atoms with E-state index in [4.69, 9.17) is 11.5 Å². The van der Waals surface area contributed by atoms with Gasteiger partial charge in [0.1, 0.15) is 22.4 Å². The Balaban J connectivity index is 3.05. The molecule has 20 heavy (non-hydrogen) atoms. The summed E-state index contributed by atoms with van der Waals surface area (Å²) in [5.74, 6) is -0.202. The molecule has 0 atom stereocenters. The number of amides is 2. The molecule has 0 saturated carbocycles. The van der Waals surface area contributed by atoms with Crippen molar-refractivity contribution in [3.63, 3.8) is 0 Å². The van der Waals surface area contributed by atoms with E-state index in [2.05, 4.69) is 31.2 Å². The zero-order valence-electron chi connectivity index (χ0n) is 11.1. The van der Waals surface area contributed by atoms with E-state index in [-0.39, 0.29) is 13.1 Å². The number of hydrogen-bond donors (Lipinski definition) is 3. The summed E-state index contributed by atoms with van der Waals surface area (Å²) in [5, 5.41) is 3.11. The van der Waals surface area contributed by atoms with Crippen LogP contribution < -0.4 is 21.7 Å². The molecule has 0 aliphatic heterocycles. The third-order valence-corrected chi connectivity index (χ3v) is 3.04. The first-order valence-corrected chi connectivity index (χ1v) is 6.81. The lowest BCUT2D eigenvalue weighted by atomic mass is 10.4. The first-order valence-electron chi connectivity index (χ1n) is 6.01. The molecule has 0 radical (unpaired) electrons. The van der Waals surface area contributed by atoms with E-state index in [1.54, 1.807) is 0 Å². The van der Waals surface area contributed by atoms with E-state index in [9.17, 15) is 9.59 Å². The fourth-order valence-corrected chi connectivity index (χ4v) is 2.13. The fourth-order valence-electron chi connectivity index (χ4n) is 1.53. The van der Waals surface area contributed by atoms with Crippen LogP contribution in [-0.2, 0) is 9.59 Å². The second-order valence-electron chi connectivity index (χ2n) is 4.08. The Labute approximate surface area is 125 Å². The monoisotopic (exact) mass is 344 g/mol. The summed E-state index contributed by atoms with van der Waals surface area (Å²) in [7, 11) is 0. The van der Waals surface area contributed by atoms with Crippen LogP contribution in [0.4, 0.5) is 11.6 Å². The van der Waals surface area contributed by atoms with Gasteiger partial charge < -0.3 is 21.7 Å². The zero-order valence-corrected chi connectivity index (χ0v) is 12.7. The van der Waals surface area contributed by atoms with E-state index < -0.39 is 11.8 Å². The van der Waals surface area contributed by atoms with Crippen LogP contribution >= 0.6 is 15.9 Å². The minimum atomic E-state index is -0.583. The van der Waals surface area contributed by atoms with Crippen LogP contribution in [0.25, 0.3) is 0 Å². The third kappa shape index (κ3) is 4.65. The van der Waals surface area contributed by atoms with Crippen LogP contribution in [0.5, 0.6) is 0 Å². The Kier molecular flexibility index (Phi) is 6.16. The van der Waals surface area contributed by atoms with Gasteiger partial charge in [0.05, 0.1) is 13.1 Å². The average Bonchev–Trinajstić information content (AvgIpc) is 2.35. The normalized spacial score (nSPS) is 10.1. The number of rotatable bonds is 8. The summed E-state index contributed by atoms with van der Waals surface area (Å²) in [6.45, 7) is 2.44. The molecule has 0 aliphatic carbocycles. The molecule has 5 N–H and O–H groups in total. The van der Waals surface area contributed by atoms with Crippen LogP contribution in [0.1, 0.15) is 13.3 Å². The van der Waals surface area contributed by atoms with Crippen molar-refractivity contribution in [3.8, 4) is 0 Å². The number of hydrogen-bond acceptors (Lipinski definition) is 6. The highest BCUT2D eigenvalue weighted by atomic mass is 79.9. The standard InChI is InChI=1S/C11H17BrN6O2/c1-2-3-15-10-9(12)11(17-6-16-10)18(4-7(13)19)5-8(14)20/h6H,2-5H2,1H3,(H2,13,19)(H2,14,20)(H,15,16,17). The zero-order chi connectivity index (χ0) is 15.1. The van der Waals surface area contributed by atoms with Gasteiger partial charge in [-0.05, 0) is 22.4 Å². The van der Waals surface area contributed by atoms with E-state index in [1.807, 2.05) is 6.92 Å². The minimum absolute atomic E-state index is 0.161. The minimum Gasteiger partial charge on any atom is -0.369 e. The van der Waals surface area contributed by atoms with E-state index in [1.165, 1.54) is 11.2 Å². The molecule has 1 rings (SSSR count). The third-order valence-electron chi connectivity index (χ3n) is 2.31. The average molecular weight is 345 g/mol. The lowest BCUT2D eigenvalue weighted by molar-refractivity contribution is -0.117. The molecule has 8 nitrogen and oxygen atoms in total. The Hall–Kier alpha value is -1.90. The van der Waals surface area contributed by atoms with Gasteiger partial charge in [-0.1, -0.05) is 6.92 Å². The fraction of sp³-hybridized carbons (Fsp3) is 0.455. The number of anilines is 2. The van der Waals surface area contributed by atoms with Crippen molar-refractivity contribution in [3.05, 3.63) is 10.8 Å². The van der Waals surface area contributed by atoms with Crippen molar-refractivity contribution < 1.29 is 9.59 Å². The van der Waals surface area contributed by atoms with Crippen LogP contribution in [0.2, 0.25) is 0 Å². The lowest BCUT2D eigenvalue weighted by Crippen LogP contribution is -2.40. The number of nitrogens with one attached hydrogen (secondary N) is 1. The van der Waals surface area contributed by atoms with Crippen molar-refractivity contribution in [1.82, 2.24) is 9.97 Å². The molecular formula is C11H17BrN6O2. The first kappa shape index (κ1) is 16.2. The first-order chi connectivity index (χ1) is 9.45. The number of carbonyl (C=O) groups is 2. The molecule has 0 spiro atoms. The summed E-state index contributed by atoms with van der Waals surface area (Å²) in [4.78, 5) is 31.7. The molecule has 9 heteroatoms. The maximum absolute atomic E-state index is 11.1. The molecule has 2 amide bonds. The van der Waals surface area contributed by atoms with Gasteiger partial charge in [0, 0.05) is 6.54 Å². The molecule has 0 aliphatic rings. The number of aromatic nitrogens is 2. The smallest absolute Gasteiger partial charge is 0.237 e. The Morgan fingerprint density at radius 1 is 1.30 bits per heavy atom. The number of primary amides is 2. The molecule has 1 aromatic heterocycles. The van der Waals surface area contributed by atoms with Gasteiger partial charge in [-0.25, -0.2) is 9.97 Å². The van der Waals surface area contributed by atoms with Gasteiger partial charge in [-0.3, -0.25) is 9.59 Å². The summed E-state index contributed by atoms with van der Waals surface area (Å²) in [5.41, 5.74) is 10.3. The molecule has 0 saturated heterocycles. The summed E-state index contributed by atoms with van der Waals surface area (Å²) in [6.07, 6.45) is 2.27. The van der Waals surface area contributed by atoms with Crippen LogP contribution in [0.3, 0.4) is 0 Å². The number of carbonyl (C=O) groups excluding carboxylic acids is 2. The molecule has 0 bridgehead atoms. The van der Waals surface area contributed by atoms with Gasteiger partial charge in [0.15, 0.2) is 0 Å². The van der Waals surface area contributed by atoms with Gasteiger partial charge >= 0.3 is 0 Å². The van der Waals surface area contributed by atoms with Crippen LogP contribution in [0, 0.1) is 0 Å². The number of halogens is 1.